The normalized spacial score (nSPS) is 17.9. The molecule has 0 aromatic heterocycles. The van der Waals surface area contributed by atoms with Crippen LogP contribution < -0.4 is 19.7 Å². The number of ether oxygens (including phenoxy) is 3. The maximum Gasteiger partial charge on any atom is 0.258 e. The highest BCUT2D eigenvalue weighted by Gasteiger charge is 2.25. The number of para-hydroxylation sites is 2. The van der Waals surface area contributed by atoms with Crippen LogP contribution >= 0.6 is 0 Å². The van der Waals surface area contributed by atoms with Gasteiger partial charge in [-0.2, -0.15) is 0 Å². The first-order valence-electron chi connectivity index (χ1n) is 13.0. The second-order valence-corrected chi connectivity index (χ2v) is 9.55. The van der Waals surface area contributed by atoms with Crippen LogP contribution in [-0.4, -0.2) is 70.0 Å². The molecule has 194 valence electrons. The van der Waals surface area contributed by atoms with Crippen molar-refractivity contribution in [1.82, 2.24) is 4.90 Å². The summed E-state index contributed by atoms with van der Waals surface area (Å²) in [6.45, 7) is 7.48. The highest BCUT2D eigenvalue weighted by atomic mass is 16.5. The van der Waals surface area contributed by atoms with Gasteiger partial charge in [0.05, 0.1) is 31.7 Å². The molecule has 0 radical (unpaired) electrons. The van der Waals surface area contributed by atoms with E-state index in [0.29, 0.717) is 24.5 Å². The number of carbonyl (C=O) groups is 1. The van der Waals surface area contributed by atoms with Crippen molar-refractivity contribution in [3.05, 3.63) is 72.3 Å². The minimum atomic E-state index is -0.0253. The Balaban J connectivity index is 1.43. The monoisotopic (exact) mass is 501 g/mol. The van der Waals surface area contributed by atoms with Crippen molar-refractivity contribution >= 4 is 17.3 Å². The van der Waals surface area contributed by atoms with E-state index < -0.39 is 0 Å². The van der Waals surface area contributed by atoms with Gasteiger partial charge in [-0.25, -0.2) is 0 Å². The van der Waals surface area contributed by atoms with Crippen molar-refractivity contribution in [3.63, 3.8) is 0 Å². The van der Waals surface area contributed by atoms with E-state index in [1.165, 1.54) is 0 Å². The molecule has 7 nitrogen and oxygen atoms in total. The molecule has 0 bridgehead atoms. The summed E-state index contributed by atoms with van der Waals surface area (Å²) < 4.78 is 17.1. The predicted octanol–water partition coefficient (Wildman–Crippen LogP) is 4.92. The number of hydrogen-bond acceptors (Lipinski definition) is 6. The van der Waals surface area contributed by atoms with Crippen LogP contribution in [0, 0.1) is 0 Å². The molecule has 1 atom stereocenters. The molecule has 1 saturated heterocycles. The number of hydrogen-bond donors (Lipinski definition) is 1. The van der Waals surface area contributed by atoms with E-state index in [4.69, 9.17) is 14.2 Å². The molecular weight excluding hydrogens is 466 g/mol. The second kappa shape index (κ2) is 11.7. The summed E-state index contributed by atoms with van der Waals surface area (Å²) in [6, 6.07) is 22.0. The Labute approximate surface area is 218 Å². The number of anilines is 2. The second-order valence-electron chi connectivity index (χ2n) is 9.55. The molecule has 2 heterocycles. The van der Waals surface area contributed by atoms with Crippen molar-refractivity contribution in [2.45, 2.75) is 19.4 Å². The summed E-state index contributed by atoms with van der Waals surface area (Å²) in [7, 11) is 1.66. The van der Waals surface area contributed by atoms with E-state index in [1.54, 1.807) is 7.11 Å². The number of benzene rings is 3. The first-order chi connectivity index (χ1) is 18.1. The number of fused-ring (bicyclic) bond motifs is 1. The summed E-state index contributed by atoms with van der Waals surface area (Å²) in [6.07, 6.45) is 0.868. The van der Waals surface area contributed by atoms with Gasteiger partial charge in [0.2, 0.25) is 0 Å². The van der Waals surface area contributed by atoms with Gasteiger partial charge in [0.15, 0.2) is 0 Å². The Bertz CT molecular complexity index is 1210. The Morgan fingerprint density at radius 3 is 2.59 bits per heavy atom. The SMILES string of the molecule is COc1ccc(-c2ccc(C(=O)N3CC[C@H](C)Nc4ccccc43)cc2OCCN2CCOCC2)cc1. The third-order valence-electron chi connectivity index (χ3n) is 7.03. The molecule has 1 fully saturated rings. The van der Waals surface area contributed by atoms with Crippen molar-refractivity contribution < 1.29 is 19.0 Å². The molecule has 0 spiro atoms. The van der Waals surface area contributed by atoms with Gasteiger partial charge in [0.1, 0.15) is 18.1 Å². The van der Waals surface area contributed by atoms with Gasteiger partial charge < -0.3 is 24.4 Å². The largest absolute Gasteiger partial charge is 0.497 e. The molecule has 3 aromatic rings. The van der Waals surface area contributed by atoms with E-state index in [1.807, 2.05) is 71.6 Å². The highest BCUT2D eigenvalue weighted by Crippen LogP contribution is 2.35. The average Bonchev–Trinajstić information content (AvgIpc) is 3.11. The fourth-order valence-electron chi connectivity index (χ4n) is 4.87. The van der Waals surface area contributed by atoms with Crippen LogP contribution in [0.2, 0.25) is 0 Å². The van der Waals surface area contributed by atoms with Crippen LogP contribution in [0.25, 0.3) is 11.1 Å². The molecule has 2 aliphatic heterocycles. The lowest BCUT2D eigenvalue weighted by Gasteiger charge is -2.26. The van der Waals surface area contributed by atoms with Gasteiger partial charge in [0.25, 0.3) is 5.91 Å². The standard InChI is InChI=1S/C30H35N3O4/c1-22-13-14-33(28-6-4-3-5-27(28)31-22)30(34)24-9-12-26(23-7-10-25(35-2)11-8-23)29(21-24)37-20-17-32-15-18-36-19-16-32/h3-12,21-22,31H,13-20H2,1-2H3/t22-/m0/s1. The lowest BCUT2D eigenvalue weighted by Crippen LogP contribution is -2.38. The first-order valence-corrected chi connectivity index (χ1v) is 13.0. The predicted molar refractivity (Wildman–Crippen MR) is 147 cm³/mol. The van der Waals surface area contributed by atoms with Crippen LogP contribution in [0.5, 0.6) is 11.5 Å². The van der Waals surface area contributed by atoms with Crippen molar-refractivity contribution in [3.8, 4) is 22.6 Å². The maximum atomic E-state index is 13.8. The van der Waals surface area contributed by atoms with Crippen LogP contribution in [-0.2, 0) is 4.74 Å². The molecule has 3 aromatic carbocycles. The van der Waals surface area contributed by atoms with Crippen molar-refractivity contribution in [2.24, 2.45) is 0 Å². The molecule has 1 N–H and O–H groups in total. The van der Waals surface area contributed by atoms with Gasteiger partial charge in [0, 0.05) is 43.3 Å². The molecule has 5 rings (SSSR count). The molecule has 0 saturated carbocycles. The van der Waals surface area contributed by atoms with Gasteiger partial charge in [-0.1, -0.05) is 24.3 Å². The van der Waals surface area contributed by atoms with E-state index in [-0.39, 0.29) is 11.9 Å². The lowest BCUT2D eigenvalue weighted by molar-refractivity contribution is 0.0323. The van der Waals surface area contributed by atoms with Crippen molar-refractivity contribution in [1.29, 1.82) is 0 Å². The third kappa shape index (κ3) is 5.89. The minimum absolute atomic E-state index is 0.0253. The quantitative estimate of drug-likeness (QED) is 0.496. The molecular formula is C30H35N3O4. The molecule has 0 aliphatic carbocycles. The summed E-state index contributed by atoms with van der Waals surface area (Å²) in [4.78, 5) is 18.1. The number of morpholine rings is 1. The van der Waals surface area contributed by atoms with Crippen LogP contribution in [0.4, 0.5) is 11.4 Å². The van der Waals surface area contributed by atoms with Crippen LogP contribution in [0.1, 0.15) is 23.7 Å². The van der Waals surface area contributed by atoms with Gasteiger partial charge in [-0.05, 0) is 61.4 Å². The number of methoxy groups -OCH3 is 1. The van der Waals surface area contributed by atoms with E-state index >= 15 is 0 Å². The van der Waals surface area contributed by atoms with Gasteiger partial charge >= 0.3 is 0 Å². The summed E-state index contributed by atoms with van der Waals surface area (Å²) in [5.41, 5.74) is 4.47. The Kier molecular flexibility index (Phi) is 7.92. The molecule has 0 unspecified atom stereocenters. The fourth-order valence-corrected chi connectivity index (χ4v) is 4.87. The third-order valence-corrected chi connectivity index (χ3v) is 7.03. The highest BCUT2D eigenvalue weighted by molar-refractivity contribution is 6.08. The fraction of sp³-hybridized carbons (Fsp3) is 0.367. The molecule has 2 aliphatic rings. The zero-order chi connectivity index (χ0) is 25.6. The van der Waals surface area contributed by atoms with E-state index in [2.05, 4.69) is 17.1 Å². The summed E-state index contributed by atoms with van der Waals surface area (Å²) >= 11 is 0. The molecule has 1 amide bonds. The van der Waals surface area contributed by atoms with Crippen LogP contribution in [0.15, 0.2) is 66.7 Å². The smallest absolute Gasteiger partial charge is 0.258 e. The van der Waals surface area contributed by atoms with E-state index in [0.717, 1.165) is 67.5 Å². The number of carbonyl (C=O) groups excluding carboxylic acids is 1. The first kappa shape index (κ1) is 25.1. The maximum absolute atomic E-state index is 13.8. The number of rotatable bonds is 7. The van der Waals surface area contributed by atoms with Crippen LogP contribution in [0.3, 0.4) is 0 Å². The topological polar surface area (TPSA) is 63.3 Å². The lowest BCUT2D eigenvalue weighted by atomic mass is 10.0. The Hall–Kier alpha value is -3.55. The molecule has 7 heteroatoms. The summed E-state index contributed by atoms with van der Waals surface area (Å²) in [5, 5.41) is 3.53. The number of nitrogens with zero attached hydrogens (tertiary/aromatic N) is 2. The number of amides is 1. The minimum Gasteiger partial charge on any atom is -0.497 e. The zero-order valence-electron chi connectivity index (χ0n) is 21.6. The summed E-state index contributed by atoms with van der Waals surface area (Å²) in [5.74, 6) is 1.48. The molecule has 37 heavy (non-hydrogen) atoms. The Morgan fingerprint density at radius 1 is 1.03 bits per heavy atom. The van der Waals surface area contributed by atoms with Crippen molar-refractivity contribution in [2.75, 3.05) is 63.3 Å². The Morgan fingerprint density at radius 2 is 1.81 bits per heavy atom. The van der Waals surface area contributed by atoms with Gasteiger partial charge in [-0.15, -0.1) is 0 Å². The van der Waals surface area contributed by atoms with Gasteiger partial charge in [-0.3, -0.25) is 9.69 Å². The average molecular weight is 502 g/mol. The zero-order valence-corrected chi connectivity index (χ0v) is 21.6. The number of nitrogens with one attached hydrogen (secondary N) is 1. The van der Waals surface area contributed by atoms with E-state index in [9.17, 15) is 4.79 Å².